The minimum Gasteiger partial charge on any atom is -0.480 e. The fraction of sp³-hybridized carbons (Fsp3) is 0.300. The second-order valence-corrected chi connectivity index (χ2v) is 5.58. The SMILES string of the molecule is CC[C@H](NS(=O)(=O)c1ccc(F)cc1Cl)C(=O)O. The Morgan fingerprint density at radius 2 is 2.17 bits per heavy atom. The van der Waals surface area contributed by atoms with Gasteiger partial charge in [0.05, 0.1) is 5.02 Å². The summed E-state index contributed by atoms with van der Waals surface area (Å²) in [5.41, 5.74) is 0. The van der Waals surface area contributed by atoms with Crippen molar-refractivity contribution in [2.24, 2.45) is 0 Å². The molecule has 0 aliphatic rings. The highest BCUT2D eigenvalue weighted by molar-refractivity contribution is 7.89. The predicted octanol–water partition coefficient (Wildman–Crippen LogP) is 1.62. The lowest BCUT2D eigenvalue weighted by atomic mass is 10.2. The van der Waals surface area contributed by atoms with Gasteiger partial charge in [-0.15, -0.1) is 0 Å². The molecule has 0 amide bonds. The van der Waals surface area contributed by atoms with Crippen LogP contribution in [0, 0.1) is 5.82 Å². The molecule has 0 heterocycles. The molecular weight excluding hydrogens is 285 g/mol. The third-order valence-electron chi connectivity index (χ3n) is 2.19. The second kappa shape index (κ2) is 5.64. The van der Waals surface area contributed by atoms with Gasteiger partial charge in [0, 0.05) is 0 Å². The van der Waals surface area contributed by atoms with E-state index in [9.17, 15) is 17.6 Å². The maximum atomic E-state index is 12.8. The molecule has 0 spiro atoms. The molecule has 0 unspecified atom stereocenters. The van der Waals surface area contributed by atoms with E-state index in [1.54, 1.807) is 0 Å². The van der Waals surface area contributed by atoms with Gasteiger partial charge in [-0.25, -0.2) is 12.8 Å². The topological polar surface area (TPSA) is 83.5 Å². The van der Waals surface area contributed by atoms with E-state index in [0.717, 1.165) is 18.2 Å². The van der Waals surface area contributed by atoms with Crippen LogP contribution in [0.1, 0.15) is 13.3 Å². The summed E-state index contributed by atoms with van der Waals surface area (Å²) in [6.45, 7) is 1.52. The Hall–Kier alpha value is -1.18. The van der Waals surface area contributed by atoms with E-state index in [1.807, 2.05) is 4.72 Å². The van der Waals surface area contributed by atoms with E-state index >= 15 is 0 Å². The number of benzene rings is 1. The number of carbonyl (C=O) groups is 1. The van der Waals surface area contributed by atoms with Gasteiger partial charge in [-0.1, -0.05) is 18.5 Å². The number of hydrogen-bond donors (Lipinski definition) is 2. The zero-order valence-electron chi connectivity index (χ0n) is 9.35. The van der Waals surface area contributed by atoms with Crippen molar-refractivity contribution in [2.75, 3.05) is 0 Å². The molecule has 0 saturated carbocycles. The summed E-state index contributed by atoms with van der Waals surface area (Å²) in [4.78, 5) is 10.4. The monoisotopic (exact) mass is 295 g/mol. The van der Waals surface area contributed by atoms with Gasteiger partial charge in [-0.2, -0.15) is 4.72 Å². The molecule has 0 aliphatic heterocycles. The van der Waals surface area contributed by atoms with Crippen molar-refractivity contribution in [3.05, 3.63) is 29.0 Å². The zero-order valence-corrected chi connectivity index (χ0v) is 10.9. The lowest BCUT2D eigenvalue weighted by molar-refractivity contribution is -0.139. The summed E-state index contributed by atoms with van der Waals surface area (Å²) in [5.74, 6) is -1.97. The van der Waals surface area contributed by atoms with Crippen molar-refractivity contribution in [1.82, 2.24) is 4.72 Å². The number of aliphatic carboxylic acids is 1. The van der Waals surface area contributed by atoms with Crippen molar-refractivity contribution < 1.29 is 22.7 Å². The Labute approximate surface area is 109 Å². The minimum absolute atomic E-state index is 0.0768. The summed E-state index contributed by atoms with van der Waals surface area (Å²) < 4.78 is 38.5. The number of carboxylic acids is 1. The number of nitrogens with one attached hydrogen (secondary N) is 1. The van der Waals surface area contributed by atoms with Crippen LogP contribution in [0.4, 0.5) is 4.39 Å². The summed E-state index contributed by atoms with van der Waals surface area (Å²) in [7, 11) is -4.09. The average Bonchev–Trinajstić information content (AvgIpc) is 2.24. The van der Waals surface area contributed by atoms with Crippen molar-refractivity contribution in [3.8, 4) is 0 Å². The van der Waals surface area contributed by atoms with Crippen molar-refractivity contribution >= 4 is 27.6 Å². The molecule has 1 atom stereocenters. The van der Waals surface area contributed by atoms with Gasteiger partial charge in [0.2, 0.25) is 10.0 Å². The van der Waals surface area contributed by atoms with E-state index in [-0.39, 0.29) is 16.3 Å². The quantitative estimate of drug-likeness (QED) is 0.864. The lowest BCUT2D eigenvalue weighted by Crippen LogP contribution is -2.40. The number of rotatable bonds is 5. The molecule has 0 bridgehead atoms. The summed E-state index contributed by atoms with van der Waals surface area (Å²) in [5, 5.41) is 8.47. The maximum absolute atomic E-state index is 12.8. The lowest BCUT2D eigenvalue weighted by Gasteiger charge is -2.13. The Morgan fingerprint density at radius 3 is 2.61 bits per heavy atom. The zero-order chi connectivity index (χ0) is 13.9. The summed E-state index contributed by atoms with van der Waals surface area (Å²) >= 11 is 5.61. The molecule has 2 N–H and O–H groups in total. The van der Waals surface area contributed by atoms with Gasteiger partial charge in [0.15, 0.2) is 0 Å². The molecule has 0 radical (unpaired) electrons. The summed E-state index contributed by atoms with van der Waals surface area (Å²) in [6.07, 6.45) is 0.0768. The molecule has 1 aromatic rings. The minimum atomic E-state index is -4.09. The first-order chi connectivity index (χ1) is 8.27. The number of halogens is 2. The Morgan fingerprint density at radius 1 is 1.56 bits per heavy atom. The maximum Gasteiger partial charge on any atom is 0.321 e. The van der Waals surface area contributed by atoms with Gasteiger partial charge < -0.3 is 5.11 Å². The van der Waals surface area contributed by atoms with Crippen LogP contribution in [0.25, 0.3) is 0 Å². The average molecular weight is 296 g/mol. The van der Waals surface area contributed by atoms with E-state index < -0.39 is 27.9 Å². The molecule has 18 heavy (non-hydrogen) atoms. The van der Waals surface area contributed by atoms with E-state index in [4.69, 9.17) is 16.7 Å². The van der Waals surface area contributed by atoms with Gasteiger partial charge in [-0.3, -0.25) is 4.79 Å². The van der Waals surface area contributed by atoms with Gasteiger partial charge >= 0.3 is 5.97 Å². The molecule has 0 aromatic heterocycles. The molecule has 0 fully saturated rings. The fourth-order valence-corrected chi connectivity index (χ4v) is 3.06. The number of sulfonamides is 1. The first kappa shape index (κ1) is 14.9. The smallest absolute Gasteiger partial charge is 0.321 e. The van der Waals surface area contributed by atoms with E-state index in [1.165, 1.54) is 6.92 Å². The van der Waals surface area contributed by atoms with Crippen molar-refractivity contribution in [3.63, 3.8) is 0 Å². The third kappa shape index (κ3) is 3.41. The first-order valence-electron chi connectivity index (χ1n) is 4.98. The molecule has 5 nitrogen and oxygen atoms in total. The first-order valence-corrected chi connectivity index (χ1v) is 6.84. The molecule has 1 rings (SSSR count). The molecular formula is C10H11ClFNO4S. The Kier molecular flexibility index (Phi) is 4.66. The van der Waals surface area contributed by atoms with Crippen LogP contribution < -0.4 is 4.72 Å². The Bertz CT molecular complexity index is 561. The molecule has 8 heteroatoms. The van der Waals surface area contributed by atoms with Crippen LogP contribution in [-0.4, -0.2) is 25.5 Å². The van der Waals surface area contributed by atoms with Gasteiger partial charge in [-0.05, 0) is 24.6 Å². The molecule has 100 valence electrons. The highest BCUT2D eigenvalue weighted by atomic mass is 35.5. The van der Waals surface area contributed by atoms with Gasteiger partial charge in [0.25, 0.3) is 0 Å². The van der Waals surface area contributed by atoms with Gasteiger partial charge in [0.1, 0.15) is 16.8 Å². The highest BCUT2D eigenvalue weighted by Crippen LogP contribution is 2.22. The third-order valence-corrected chi connectivity index (χ3v) is 4.14. The fourth-order valence-electron chi connectivity index (χ4n) is 1.25. The highest BCUT2D eigenvalue weighted by Gasteiger charge is 2.25. The predicted molar refractivity (Wildman–Crippen MR) is 63.4 cm³/mol. The van der Waals surface area contributed by atoms with Crippen LogP contribution in [-0.2, 0) is 14.8 Å². The summed E-state index contributed by atoms with van der Waals surface area (Å²) in [6, 6.07) is 1.50. The number of hydrogen-bond acceptors (Lipinski definition) is 3. The van der Waals surface area contributed by atoms with Crippen molar-refractivity contribution in [1.29, 1.82) is 0 Å². The van der Waals surface area contributed by atoms with E-state index in [2.05, 4.69) is 0 Å². The van der Waals surface area contributed by atoms with Crippen LogP contribution in [0.5, 0.6) is 0 Å². The largest absolute Gasteiger partial charge is 0.480 e. The van der Waals surface area contributed by atoms with E-state index in [0.29, 0.717) is 0 Å². The molecule has 1 aromatic carbocycles. The van der Waals surface area contributed by atoms with Crippen LogP contribution in [0.3, 0.4) is 0 Å². The molecule has 0 saturated heterocycles. The normalized spacial score (nSPS) is 13.3. The Balaban J connectivity index is 3.10. The van der Waals surface area contributed by atoms with Crippen LogP contribution in [0.15, 0.2) is 23.1 Å². The molecule has 0 aliphatic carbocycles. The second-order valence-electron chi connectivity index (χ2n) is 3.50. The number of carboxylic acid groups (broad SMARTS) is 1. The van der Waals surface area contributed by atoms with Crippen LogP contribution >= 0.6 is 11.6 Å². The standard InChI is InChI=1S/C10H11ClFNO4S/c1-2-8(10(14)15)13-18(16,17)9-4-3-6(12)5-7(9)11/h3-5,8,13H,2H2,1H3,(H,14,15)/t8-/m0/s1. The van der Waals surface area contributed by atoms with Crippen LogP contribution in [0.2, 0.25) is 5.02 Å². The van der Waals surface area contributed by atoms with Crippen molar-refractivity contribution in [2.45, 2.75) is 24.3 Å².